The zero-order chi connectivity index (χ0) is 22.8. The van der Waals surface area contributed by atoms with Gasteiger partial charge in [0.25, 0.3) is 0 Å². The van der Waals surface area contributed by atoms with Crippen LogP contribution in [0.2, 0.25) is 0 Å². The fourth-order valence-corrected chi connectivity index (χ4v) is 4.34. The molecular weight excluding hydrogens is 388 g/mol. The van der Waals surface area contributed by atoms with Gasteiger partial charge in [0.05, 0.1) is 19.8 Å². The second-order valence-electron chi connectivity index (χ2n) is 9.39. The van der Waals surface area contributed by atoms with Crippen molar-refractivity contribution >= 4 is 24.2 Å². The third-order valence-electron chi connectivity index (χ3n) is 6.28. The van der Waals surface area contributed by atoms with Crippen LogP contribution in [0.25, 0.3) is 18.2 Å². The number of hydrogen-bond donors (Lipinski definition) is 1. The molecular formula is C27H32O4. The van der Waals surface area contributed by atoms with Crippen molar-refractivity contribution in [3.63, 3.8) is 0 Å². The number of methoxy groups -OCH3 is 2. The fraction of sp³-hybridized carbons (Fsp3) is 0.370. The number of hydrogen-bond acceptors (Lipinski definition) is 3. The Morgan fingerprint density at radius 1 is 0.903 bits per heavy atom. The molecule has 0 heterocycles. The summed E-state index contributed by atoms with van der Waals surface area (Å²) in [7, 11) is 3.43. The van der Waals surface area contributed by atoms with Crippen LogP contribution in [-0.2, 0) is 15.6 Å². The second-order valence-corrected chi connectivity index (χ2v) is 9.39. The van der Waals surface area contributed by atoms with Crippen molar-refractivity contribution in [2.45, 2.75) is 51.4 Å². The van der Waals surface area contributed by atoms with E-state index in [2.05, 4.69) is 33.8 Å². The van der Waals surface area contributed by atoms with E-state index in [0.717, 1.165) is 47.1 Å². The van der Waals surface area contributed by atoms with E-state index in [1.54, 1.807) is 20.3 Å². The molecule has 0 aliphatic heterocycles. The zero-order valence-corrected chi connectivity index (χ0v) is 19.3. The van der Waals surface area contributed by atoms with Gasteiger partial charge in [0.15, 0.2) is 0 Å². The Morgan fingerprint density at radius 2 is 1.48 bits per heavy atom. The Morgan fingerprint density at radius 3 is 2.03 bits per heavy atom. The minimum atomic E-state index is -0.957. The van der Waals surface area contributed by atoms with Gasteiger partial charge >= 0.3 is 5.97 Å². The van der Waals surface area contributed by atoms with Crippen molar-refractivity contribution in [3.05, 3.63) is 64.2 Å². The van der Waals surface area contributed by atoms with Gasteiger partial charge in [-0.25, -0.2) is 4.79 Å². The number of benzene rings is 2. The Kier molecular flexibility index (Phi) is 6.30. The molecule has 164 valence electrons. The molecule has 2 aromatic rings. The van der Waals surface area contributed by atoms with E-state index < -0.39 is 5.97 Å². The van der Waals surface area contributed by atoms with Crippen LogP contribution < -0.4 is 9.47 Å². The molecule has 0 amide bonds. The van der Waals surface area contributed by atoms with Crippen LogP contribution in [0.3, 0.4) is 0 Å². The summed E-state index contributed by atoms with van der Waals surface area (Å²) in [6, 6.07) is 9.89. The lowest BCUT2D eigenvalue weighted by molar-refractivity contribution is -0.131. The van der Waals surface area contributed by atoms with Crippen molar-refractivity contribution in [3.8, 4) is 11.5 Å². The smallest absolute Gasteiger partial charge is 0.328 e. The molecule has 2 aromatic carbocycles. The maximum atomic E-state index is 10.7. The van der Waals surface area contributed by atoms with Gasteiger partial charge in [0.2, 0.25) is 0 Å². The Balaban J connectivity index is 2.06. The molecule has 0 saturated carbocycles. The van der Waals surface area contributed by atoms with Gasteiger partial charge in [-0.05, 0) is 58.6 Å². The first-order chi connectivity index (χ1) is 14.6. The van der Waals surface area contributed by atoms with E-state index in [1.807, 2.05) is 36.4 Å². The number of carboxylic acids is 1. The van der Waals surface area contributed by atoms with Crippen molar-refractivity contribution in [2.24, 2.45) is 0 Å². The molecule has 4 nitrogen and oxygen atoms in total. The lowest BCUT2D eigenvalue weighted by Gasteiger charge is -2.43. The predicted molar refractivity (Wildman–Crippen MR) is 127 cm³/mol. The van der Waals surface area contributed by atoms with Crippen LogP contribution in [0.15, 0.2) is 36.4 Å². The summed E-state index contributed by atoms with van der Waals surface area (Å²) < 4.78 is 11.8. The van der Waals surface area contributed by atoms with Crippen molar-refractivity contribution < 1.29 is 19.4 Å². The highest BCUT2D eigenvalue weighted by molar-refractivity contribution is 5.85. The molecule has 4 heteroatoms. The van der Waals surface area contributed by atoms with Gasteiger partial charge < -0.3 is 14.6 Å². The van der Waals surface area contributed by atoms with Gasteiger partial charge in [0.1, 0.15) is 11.5 Å². The van der Waals surface area contributed by atoms with Crippen LogP contribution in [-0.4, -0.2) is 25.3 Å². The normalized spacial score (nSPS) is 17.0. The SMILES string of the molecule is COc1cc2c(c(OC)c1C=Cc1ccc(C=CC(=O)O)cc1)C(C)(C)CCC2(C)C. The molecule has 1 aliphatic carbocycles. The molecule has 31 heavy (non-hydrogen) atoms. The van der Waals surface area contributed by atoms with E-state index >= 15 is 0 Å². The minimum Gasteiger partial charge on any atom is -0.496 e. The minimum absolute atomic E-state index is 0.0170. The molecule has 0 unspecified atom stereocenters. The van der Waals surface area contributed by atoms with E-state index in [0.29, 0.717) is 0 Å². The molecule has 1 N–H and O–H groups in total. The van der Waals surface area contributed by atoms with E-state index in [-0.39, 0.29) is 10.8 Å². The summed E-state index contributed by atoms with van der Waals surface area (Å²) in [5.74, 6) is 0.727. The number of carbonyl (C=O) groups is 1. The largest absolute Gasteiger partial charge is 0.496 e. The first-order valence-corrected chi connectivity index (χ1v) is 10.6. The fourth-order valence-electron chi connectivity index (χ4n) is 4.34. The molecule has 0 atom stereocenters. The summed E-state index contributed by atoms with van der Waals surface area (Å²) >= 11 is 0. The summed E-state index contributed by atoms with van der Waals surface area (Å²) in [6.45, 7) is 9.14. The average Bonchev–Trinajstić information content (AvgIpc) is 2.73. The Hall–Kier alpha value is -3.01. The van der Waals surface area contributed by atoms with E-state index in [4.69, 9.17) is 14.6 Å². The molecule has 3 rings (SSSR count). The molecule has 0 bridgehead atoms. The van der Waals surface area contributed by atoms with Gasteiger partial charge in [-0.3, -0.25) is 0 Å². The number of carboxylic acid groups (broad SMARTS) is 1. The highest BCUT2D eigenvalue weighted by Gasteiger charge is 2.40. The van der Waals surface area contributed by atoms with Gasteiger partial charge in [-0.15, -0.1) is 0 Å². The molecule has 0 saturated heterocycles. The number of rotatable bonds is 6. The van der Waals surface area contributed by atoms with Crippen LogP contribution in [0.5, 0.6) is 11.5 Å². The Bertz CT molecular complexity index is 1020. The first kappa shape index (κ1) is 22.7. The predicted octanol–water partition coefficient (Wildman–Crippen LogP) is 6.32. The standard InChI is InChI=1S/C27H32O4/c1-26(2)15-16-27(3,4)24-21(26)17-22(30-5)20(25(24)31-6)13-11-18-7-9-19(10-8-18)12-14-23(28)29/h7-14,17H,15-16H2,1-6H3,(H,28,29). The molecule has 0 aromatic heterocycles. The van der Waals surface area contributed by atoms with Crippen LogP contribution in [0.1, 0.15) is 68.4 Å². The topological polar surface area (TPSA) is 55.8 Å². The number of ether oxygens (including phenoxy) is 2. The number of aliphatic carboxylic acids is 1. The average molecular weight is 421 g/mol. The molecule has 0 radical (unpaired) electrons. The van der Waals surface area contributed by atoms with Crippen molar-refractivity contribution in [1.82, 2.24) is 0 Å². The van der Waals surface area contributed by atoms with Gasteiger partial charge in [0, 0.05) is 11.6 Å². The summed E-state index contributed by atoms with van der Waals surface area (Å²) in [4.78, 5) is 10.7. The highest BCUT2D eigenvalue weighted by atomic mass is 16.5. The lowest BCUT2D eigenvalue weighted by Crippen LogP contribution is -2.34. The highest BCUT2D eigenvalue weighted by Crippen LogP contribution is 2.52. The third kappa shape index (κ3) is 4.68. The Labute approximate surface area is 185 Å². The van der Waals surface area contributed by atoms with Gasteiger partial charge in [-0.2, -0.15) is 0 Å². The van der Waals surface area contributed by atoms with E-state index in [9.17, 15) is 4.79 Å². The second kappa shape index (κ2) is 8.62. The maximum Gasteiger partial charge on any atom is 0.328 e. The quantitative estimate of drug-likeness (QED) is 0.439. The van der Waals surface area contributed by atoms with Crippen molar-refractivity contribution in [2.75, 3.05) is 14.2 Å². The lowest BCUT2D eigenvalue weighted by atomic mass is 9.62. The van der Waals surface area contributed by atoms with Crippen LogP contribution in [0.4, 0.5) is 0 Å². The summed E-state index contributed by atoms with van der Waals surface area (Å²) in [6.07, 6.45) is 9.00. The zero-order valence-electron chi connectivity index (χ0n) is 19.3. The maximum absolute atomic E-state index is 10.7. The molecule has 0 spiro atoms. The number of fused-ring (bicyclic) bond motifs is 1. The summed E-state index contributed by atoms with van der Waals surface area (Å²) in [5, 5.41) is 8.77. The van der Waals surface area contributed by atoms with Crippen molar-refractivity contribution in [1.29, 1.82) is 0 Å². The molecule has 0 fully saturated rings. The third-order valence-corrected chi connectivity index (χ3v) is 6.28. The molecule has 1 aliphatic rings. The van der Waals surface area contributed by atoms with Gasteiger partial charge in [-0.1, -0.05) is 58.0 Å². The summed E-state index contributed by atoms with van der Waals surface area (Å²) in [5.41, 5.74) is 5.42. The van der Waals surface area contributed by atoms with Crippen LogP contribution >= 0.6 is 0 Å². The monoisotopic (exact) mass is 420 g/mol. The van der Waals surface area contributed by atoms with E-state index in [1.165, 1.54) is 11.1 Å². The first-order valence-electron chi connectivity index (χ1n) is 10.6. The van der Waals surface area contributed by atoms with Crippen LogP contribution in [0, 0.1) is 0 Å².